The van der Waals surface area contributed by atoms with Gasteiger partial charge in [-0.3, -0.25) is 4.79 Å². The van der Waals surface area contributed by atoms with Crippen LogP contribution in [0, 0.1) is 5.41 Å². The molecule has 106 valence electrons. The number of nitrogens with zero attached hydrogens (tertiary/aromatic N) is 1. The molecule has 3 nitrogen and oxygen atoms in total. The van der Waals surface area contributed by atoms with Crippen LogP contribution in [0.4, 0.5) is 0 Å². The molecule has 1 aromatic heterocycles. The Hall–Kier alpha value is -0.870. The highest BCUT2D eigenvalue weighted by Crippen LogP contribution is 2.36. The van der Waals surface area contributed by atoms with Crippen molar-refractivity contribution in [2.24, 2.45) is 5.41 Å². The molecule has 2 heterocycles. The predicted octanol–water partition coefficient (Wildman–Crippen LogP) is 2.88. The zero-order valence-electron chi connectivity index (χ0n) is 11.9. The Bertz CT molecular complexity index is 391. The summed E-state index contributed by atoms with van der Waals surface area (Å²) in [5, 5.41) is 5.44. The Morgan fingerprint density at radius 3 is 2.79 bits per heavy atom. The van der Waals surface area contributed by atoms with Crippen LogP contribution in [0.5, 0.6) is 0 Å². The third-order valence-electron chi connectivity index (χ3n) is 4.06. The average Bonchev–Trinajstić information content (AvgIpc) is 2.92. The van der Waals surface area contributed by atoms with Gasteiger partial charge in [0.1, 0.15) is 0 Å². The number of carbonyl (C=O) groups excluding carboxylic acids is 1. The Balaban J connectivity index is 2.05. The van der Waals surface area contributed by atoms with Crippen LogP contribution in [0.1, 0.15) is 37.5 Å². The van der Waals surface area contributed by atoms with Crippen molar-refractivity contribution < 1.29 is 4.79 Å². The van der Waals surface area contributed by atoms with Crippen LogP contribution < -0.4 is 5.32 Å². The third kappa shape index (κ3) is 3.37. The molecule has 1 saturated heterocycles. The van der Waals surface area contributed by atoms with E-state index in [1.54, 1.807) is 11.3 Å². The van der Waals surface area contributed by atoms with Gasteiger partial charge in [0.05, 0.1) is 12.0 Å². The minimum atomic E-state index is -0.119. The molecule has 1 aliphatic heterocycles. The Morgan fingerprint density at radius 1 is 1.47 bits per heavy atom. The topological polar surface area (TPSA) is 32.3 Å². The summed E-state index contributed by atoms with van der Waals surface area (Å²) in [5.41, 5.74) is -0.119. The number of thiophene rings is 1. The average molecular weight is 280 g/mol. The van der Waals surface area contributed by atoms with Crippen molar-refractivity contribution in [3.05, 3.63) is 22.4 Å². The van der Waals surface area contributed by atoms with Gasteiger partial charge in [0.2, 0.25) is 5.91 Å². The Morgan fingerprint density at radius 2 is 2.21 bits per heavy atom. The second-order valence-electron chi connectivity index (χ2n) is 5.52. The van der Waals surface area contributed by atoms with Crippen LogP contribution >= 0.6 is 11.3 Å². The summed E-state index contributed by atoms with van der Waals surface area (Å²) in [6.45, 7) is 4.86. The van der Waals surface area contributed by atoms with Crippen LogP contribution in [0.2, 0.25) is 0 Å². The molecule has 4 heteroatoms. The van der Waals surface area contributed by atoms with E-state index in [0.29, 0.717) is 5.91 Å². The van der Waals surface area contributed by atoms with Gasteiger partial charge in [-0.05, 0) is 43.8 Å². The lowest BCUT2D eigenvalue weighted by Gasteiger charge is -2.39. The molecule has 1 aliphatic rings. The first-order chi connectivity index (χ1) is 9.18. The lowest BCUT2D eigenvalue weighted by Crippen LogP contribution is -2.47. The summed E-state index contributed by atoms with van der Waals surface area (Å²) in [6.07, 6.45) is 4.06. The lowest BCUT2D eigenvalue weighted by atomic mass is 9.74. The van der Waals surface area contributed by atoms with Gasteiger partial charge in [0.15, 0.2) is 0 Å². The molecule has 0 saturated carbocycles. The zero-order valence-corrected chi connectivity index (χ0v) is 12.8. The van der Waals surface area contributed by atoms with Gasteiger partial charge in [0.25, 0.3) is 0 Å². The van der Waals surface area contributed by atoms with Crippen molar-refractivity contribution in [3.8, 4) is 0 Å². The molecule has 2 rings (SSSR count). The van der Waals surface area contributed by atoms with Crippen molar-refractivity contribution in [1.29, 1.82) is 0 Å². The number of piperidine rings is 1. The van der Waals surface area contributed by atoms with Gasteiger partial charge in [-0.25, -0.2) is 0 Å². The molecule has 1 amide bonds. The molecule has 0 spiro atoms. The van der Waals surface area contributed by atoms with Crippen LogP contribution in [0.15, 0.2) is 17.5 Å². The summed E-state index contributed by atoms with van der Waals surface area (Å²) in [5.74, 6) is 0.337. The summed E-state index contributed by atoms with van der Waals surface area (Å²) in [4.78, 5) is 16.0. The maximum absolute atomic E-state index is 12.8. The van der Waals surface area contributed by atoms with E-state index >= 15 is 0 Å². The second-order valence-corrected chi connectivity index (χ2v) is 6.55. The predicted molar refractivity (Wildman–Crippen MR) is 80.2 cm³/mol. The minimum Gasteiger partial charge on any atom is -0.340 e. The van der Waals surface area contributed by atoms with Crippen LogP contribution in [-0.4, -0.2) is 30.9 Å². The van der Waals surface area contributed by atoms with E-state index in [1.807, 2.05) is 18.0 Å². The van der Waals surface area contributed by atoms with Gasteiger partial charge in [-0.2, -0.15) is 0 Å². The van der Waals surface area contributed by atoms with Gasteiger partial charge in [-0.1, -0.05) is 19.4 Å². The lowest BCUT2D eigenvalue weighted by molar-refractivity contribution is -0.143. The van der Waals surface area contributed by atoms with Crippen molar-refractivity contribution in [2.75, 3.05) is 20.1 Å². The highest BCUT2D eigenvalue weighted by molar-refractivity contribution is 7.09. The maximum Gasteiger partial charge on any atom is 0.228 e. The normalized spacial score (nSPS) is 18.2. The van der Waals surface area contributed by atoms with Crippen LogP contribution in [-0.2, 0) is 11.3 Å². The molecule has 1 fully saturated rings. The highest BCUT2D eigenvalue weighted by atomic mass is 32.1. The number of nitrogens with one attached hydrogen (secondary N) is 1. The fraction of sp³-hybridized carbons (Fsp3) is 0.667. The Kier molecular flexibility index (Phi) is 4.99. The van der Waals surface area contributed by atoms with E-state index in [1.165, 1.54) is 4.88 Å². The number of carbonyl (C=O) groups is 1. The van der Waals surface area contributed by atoms with E-state index < -0.39 is 0 Å². The first-order valence-electron chi connectivity index (χ1n) is 7.16. The first-order valence-corrected chi connectivity index (χ1v) is 8.04. The SMILES string of the molecule is CCCC1(C(=O)N(C)Cc2cccs2)CCNCC1. The summed E-state index contributed by atoms with van der Waals surface area (Å²) in [7, 11) is 1.95. The van der Waals surface area contributed by atoms with Crippen LogP contribution in [0.25, 0.3) is 0 Å². The fourth-order valence-electron chi connectivity index (χ4n) is 3.07. The molecule has 0 radical (unpaired) electrons. The summed E-state index contributed by atoms with van der Waals surface area (Å²) in [6, 6.07) is 4.15. The molecule has 0 aliphatic carbocycles. The Labute approximate surface area is 120 Å². The molecular weight excluding hydrogens is 256 g/mol. The second kappa shape index (κ2) is 6.53. The first kappa shape index (κ1) is 14.5. The quantitative estimate of drug-likeness (QED) is 0.899. The van der Waals surface area contributed by atoms with Crippen molar-refractivity contribution in [2.45, 2.75) is 39.2 Å². The van der Waals surface area contributed by atoms with Gasteiger partial charge in [-0.15, -0.1) is 11.3 Å². The molecule has 0 bridgehead atoms. The fourth-order valence-corrected chi connectivity index (χ4v) is 3.82. The van der Waals surface area contributed by atoms with Crippen LogP contribution in [0.3, 0.4) is 0 Å². The van der Waals surface area contributed by atoms with Gasteiger partial charge in [0, 0.05) is 11.9 Å². The number of hydrogen-bond acceptors (Lipinski definition) is 3. The molecule has 1 aromatic rings. The van der Waals surface area contributed by atoms with E-state index in [9.17, 15) is 4.79 Å². The van der Waals surface area contributed by atoms with Gasteiger partial charge < -0.3 is 10.2 Å². The summed E-state index contributed by atoms with van der Waals surface area (Å²) < 4.78 is 0. The summed E-state index contributed by atoms with van der Waals surface area (Å²) >= 11 is 1.72. The molecular formula is C15H24N2OS. The number of hydrogen-bond donors (Lipinski definition) is 1. The van der Waals surface area contributed by atoms with Crippen molar-refractivity contribution >= 4 is 17.2 Å². The van der Waals surface area contributed by atoms with Crippen molar-refractivity contribution in [1.82, 2.24) is 10.2 Å². The largest absolute Gasteiger partial charge is 0.340 e. The van der Waals surface area contributed by atoms with E-state index in [0.717, 1.165) is 45.3 Å². The maximum atomic E-state index is 12.8. The van der Waals surface area contributed by atoms with E-state index in [-0.39, 0.29) is 5.41 Å². The third-order valence-corrected chi connectivity index (χ3v) is 4.92. The van der Waals surface area contributed by atoms with Gasteiger partial charge >= 0.3 is 0 Å². The standard InChI is InChI=1S/C15H24N2OS/c1-3-6-15(7-9-16-10-8-15)14(18)17(2)12-13-5-4-11-19-13/h4-5,11,16H,3,6-10,12H2,1-2H3. The molecule has 1 N–H and O–H groups in total. The van der Waals surface area contributed by atoms with E-state index in [4.69, 9.17) is 0 Å². The molecule has 0 unspecified atom stereocenters. The monoisotopic (exact) mass is 280 g/mol. The molecule has 19 heavy (non-hydrogen) atoms. The number of rotatable bonds is 5. The van der Waals surface area contributed by atoms with Crippen molar-refractivity contribution in [3.63, 3.8) is 0 Å². The van der Waals surface area contributed by atoms with E-state index in [2.05, 4.69) is 23.7 Å². The smallest absolute Gasteiger partial charge is 0.228 e. The highest BCUT2D eigenvalue weighted by Gasteiger charge is 2.40. The molecule has 0 atom stereocenters. The zero-order chi connectivity index (χ0) is 13.7. The minimum absolute atomic E-state index is 0.119. The molecule has 0 aromatic carbocycles. The number of amides is 1.